The Labute approximate surface area is 152 Å². The molecule has 134 valence electrons. The van der Waals surface area contributed by atoms with E-state index in [1.165, 1.54) is 36.2 Å². The van der Waals surface area contributed by atoms with Crippen LogP contribution in [0.3, 0.4) is 0 Å². The average molecular weight is 383 g/mol. The van der Waals surface area contributed by atoms with Crippen LogP contribution in [-0.4, -0.2) is 46.4 Å². The Kier molecular flexibility index (Phi) is 6.05. The minimum absolute atomic E-state index is 0.0827. The summed E-state index contributed by atoms with van der Waals surface area (Å²) >= 11 is 5.78. The molecule has 0 bridgehead atoms. The van der Waals surface area contributed by atoms with Crippen LogP contribution in [0.2, 0.25) is 5.02 Å². The summed E-state index contributed by atoms with van der Waals surface area (Å²) in [6.45, 7) is -0.284. The normalized spacial score (nSPS) is 11.4. The van der Waals surface area contributed by atoms with Gasteiger partial charge in [0.05, 0.1) is 18.6 Å². The van der Waals surface area contributed by atoms with Gasteiger partial charge in [-0.25, -0.2) is 8.42 Å². The lowest BCUT2D eigenvalue weighted by molar-refractivity contribution is -0.118. The SMILES string of the molecule is COc1ccc(N(C)C(=O)CN(C)S(=O)(=O)c2ccc(Cl)cc2)cc1. The largest absolute Gasteiger partial charge is 0.497 e. The molecule has 0 fully saturated rings. The van der Waals surface area contributed by atoms with Crippen LogP contribution < -0.4 is 9.64 Å². The van der Waals surface area contributed by atoms with Gasteiger partial charge in [0.25, 0.3) is 0 Å². The second kappa shape index (κ2) is 7.86. The molecular formula is C17H19ClN2O4S. The van der Waals surface area contributed by atoms with Crippen LogP contribution in [-0.2, 0) is 14.8 Å². The van der Waals surface area contributed by atoms with Gasteiger partial charge < -0.3 is 9.64 Å². The summed E-state index contributed by atoms with van der Waals surface area (Å²) < 4.78 is 31.1. The van der Waals surface area contributed by atoms with Crippen LogP contribution in [0.5, 0.6) is 5.75 Å². The first-order chi connectivity index (χ1) is 11.8. The van der Waals surface area contributed by atoms with Gasteiger partial charge in [0.1, 0.15) is 5.75 Å². The Morgan fingerprint density at radius 3 is 2.12 bits per heavy atom. The van der Waals surface area contributed by atoms with E-state index >= 15 is 0 Å². The maximum absolute atomic E-state index is 12.5. The fraction of sp³-hybridized carbons (Fsp3) is 0.235. The van der Waals surface area contributed by atoms with Crippen molar-refractivity contribution in [2.75, 3.05) is 32.6 Å². The number of carbonyl (C=O) groups excluding carboxylic acids is 1. The van der Waals surface area contributed by atoms with Gasteiger partial charge in [0, 0.05) is 24.8 Å². The number of sulfonamides is 1. The smallest absolute Gasteiger partial charge is 0.243 e. The van der Waals surface area contributed by atoms with Gasteiger partial charge in [-0.2, -0.15) is 4.31 Å². The molecule has 0 aromatic heterocycles. The van der Waals surface area contributed by atoms with E-state index in [1.807, 2.05) is 0 Å². The van der Waals surface area contributed by atoms with Gasteiger partial charge in [-0.05, 0) is 48.5 Å². The Morgan fingerprint density at radius 2 is 1.60 bits per heavy atom. The lowest BCUT2D eigenvalue weighted by Gasteiger charge is -2.22. The molecule has 0 radical (unpaired) electrons. The molecule has 2 aromatic carbocycles. The second-order valence-corrected chi connectivity index (χ2v) is 7.85. The first-order valence-electron chi connectivity index (χ1n) is 7.38. The zero-order valence-electron chi connectivity index (χ0n) is 14.1. The highest BCUT2D eigenvalue weighted by Crippen LogP contribution is 2.20. The number of benzene rings is 2. The summed E-state index contributed by atoms with van der Waals surface area (Å²) in [5.41, 5.74) is 0.642. The molecular weight excluding hydrogens is 364 g/mol. The number of rotatable bonds is 6. The summed E-state index contributed by atoms with van der Waals surface area (Å²) in [6.07, 6.45) is 0. The van der Waals surface area contributed by atoms with E-state index < -0.39 is 10.0 Å². The van der Waals surface area contributed by atoms with Gasteiger partial charge in [0.2, 0.25) is 15.9 Å². The lowest BCUT2D eigenvalue weighted by Crippen LogP contribution is -2.39. The maximum Gasteiger partial charge on any atom is 0.243 e. The van der Waals surface area contributed by atoms with Gasteiger partial charge in [-0.1, -0.05) is 11.6 Å². The number of ether oxygens (including phenoxy) is 1. The van der Waals surface area contributed by atoms with Crippen molar-refractivity contribution in [1.82, 2.24) is 4.31 Å². The molecule has 2 aromatic rings. The third kappa shape index (κ3) is 4.50. The summed E-state index contributed by atoms with van der Waals surface area (Å²) in [7, 11) is 0.741. The number of halogens is 1. The average Bonchev–Trinajstić information content (AvgIpc) is 2.61. The monoisotopic (exact) mass is 382 g/mol. The van der Waals surface area contributed by atoms with Crippen LogP contribution >= 0.6 is 11.6 Å². The summed E-state index contributed by atoms with van der Waals surface area (Å²) in [5.74, 6) is 0.317. The fourth-order valence-electron chi connectivity index (χ4n) is 2.12. The Morgan fingerprint density at radius 1 is 1.04 bits per heavy atom. The topological polar surface area (TPSA) is 66.9 Å². The van der Waals surface area contributed by atoms with Crippen molar-refractivity contribution >= 4 is 33.2 Å². The standard InChI is InChI=1S/C17H19ClN2O4S/c1-19(25(22,23)16-10-4-13(18)5-11-16)12-17(21)20(2)14-6-8-15(24-3)9-7-14/h4-11H,12H2,1-3H3. The van der Waals surface area contributed by atoms with Crippen molar-refractivity contribution in [3.05, 3.63) is 53.6 Å². The molecule has 0 saturated heterocycles. The van der Waals surface area contributed by atoms with E-state index in [9.17, 15) is 13.2 Å². The lowest BCUT2D eigenvalue weighted by atomic mass is 10.3. The molecule has 6 nitrogen and oxygen atoms in total. The highest BCUT2D eigenvalue weighted by molar-refractivity contribution is 7.89. The van der Waals surface area contributed by atoms with Crippen molar-refractivity contribution in [3.8, 4) is 5.75 Å². The van der Waals surface area contributed by atoms with Crippen molar-refractivity contribution < 1.29 is 17.9 Å². The predicted molar refractivity (Wildman–Crippen MR) is 97.7 cm³/mol. The first kappa shape index (κ1) is 19.2. The quantitative estimate of drug-likeness (QED) is 0.770. The molecule has 0 aliphatic carbocycles. The molecule has 0 heterocycles. The Hall–Kier alpha value is -2.09. The highest BCUT2D eigenvalue weighted by Gasteiger charge is 2.24. The predicted octanol–water partition coefficient (Wildman–Crippen LogP) is 2.63. The van der Waals surface area contributed by atoms with Crippen LogP contribution in [0.1, 0.15) is 0 Å². The first-order valence-corrected chi connectivity index (χ1v) is 9.20. The molecule has 0 unspecified atom stereocenters. The van der Waals surface area contributed by atoms with Crippen molar-refractivity contribution in [1.29, 1.82) is 0 Å². The van der Waals surface area contributed by atoms with Crippen LogP contribution in [0.4, 0.5) is 5.69 Å². The van der Waals surface area contributed by atoms with E-state index in [2.05, 4.69) is 0 Å². The molecule has 0 atom stereocenters. The second-order valence-electron chi connectivity index (χ2n) is 5.37. The molecule has 25 heavy (non-hydrogen) atoms. The van der Waals surface area contributed by atoms with Gasteiger partial charge in [-0.15, -0.1) is 0 Å². The van der Waals surface area contributed by atoms with E-state index in [4.69, 9.17) is 16.3 Å². The third-order valence-electron chi connectivity index (χ3n) is 3.71. The zero-order valence-corrected chi connectivity index (χ0v) is 15.7. The minimum Gasteiger partial charge on any atom is -0.497 e. The molecule has 0 saturated carbocycles. The number of nitrogens with zero attached hydrogens (tertiary/aromatic N) is 2. The van der Waals surface area contributed by atoms with E-state index in [0.717, 1.165) is 4.31 Å². The Balaban J connectivity index is 2.11. The van der Waals surface area contributed by atoms with Crippen LogP contribution in [0.15, 0.2) is 53.4 Å². The molecule has 0 aliphatic heterocycles. The van der Waals surface area contributed by atoms with Gasteiger partial charge >= 0.3 is 0 Å². The van der Waals surface area contributed by atoms with Crippen LogP contribution in [0, 0.1) is 0 Å². The molecule has 1 amide bonds. The molecule has 0 N–H and O–H groups in total. The minimum atomic E-state index is -3.77. The van der Waals surface area contributed by atoms with Crippen molar-refractivity contribution in [2.45, 2.75) is 4.90 Å². The highest BCUT2D eigenvalue weighted by atomic mass is 35.5. The summed E-state index contributed by atoms with van der Waals surface area (Å²) in [6, 6.07) is 12.7. The van der Waals surface area contributed by atoms with Crippen LogP contribution in [0.25, 0.3) is 0 Å². The Bertz CT molecular complexity index is 836. The number of hydrogen-bond acceptors (Lipinski definition) is 4. The van der Waals surface area contributed by atoms with E-state index in [1.54, 1.807) is 38.4 Å². The molecule has 0 spiro atoms. The fourth-order valence-corrected chi connectivity index (χ4v) is 3.36. The van der Waals surface area contributed by atoms with Gasteiger partial charge in [-0.3, -0.25) is 4.79 Å². The maximum atomic E-state index is 12.5. The zero-order chi connectivity index (χ0) is 18.6. The molecule has 2 rings (SSSR count). The molecule has 8 heteroatoms. The molecule has 0 aliphatic rings. The number of anilines is 1. The number of methoxy groups -OCH3 is 1. The van der Waals surface area contributed by atoms with Gasteiger partial charge in [0.15, 0.2) is 0 Å². The van der Waals surface area contributed by atoms with Crippen molar-refractivity contribution in [2.24, 2.45) is 0 Å². The van der Waals surface area contributed by atoms with Crippen molar-refractivity contribution in [3.63, 3.8) is 0 Å². The number of amides is 1. The number of carbonyl (C=O) groups is 1. The summed E-state index contributed by atoms with van der Waals surface area (Å²) in [4.78, 5) is 13.9. The summed E-state index contributed by atoms with van der Waals surface area (Å²) in [5, 5.41) is 0.442. The third-order valence-corrected chi connectivity index (χ3v) is 5.78. The number of likely N-dealkylation sites (N-methyl/N-ethyl adjacent to an activating group) is 2. The van der Waals surface area contributed by atoms with E-state index in [-0.39, 0.29) is 17.3 Å². The van der Waals surface area contributed by atoms with E-state index in [0.29, 0.717) is 16.5 Å². The number of hydrogen-bond donors (Lipinski definition) is 0.